The molecule has 0 heterocycles. The Balaban J connectivity index is 0.00000320. The predicted octanol–water partition coefficient (Wildman–Crippen LogP) is 3.98. The molecule has 0 radical (unpaired) electrons. The average Bonchev–Trinajstić information content (AvgIpc) is 3.53. The Morgan fingerprint density at radius 2 is 1.87 bits per heavy atom. The van der Waals surface area contributed by atoms with Gasteiger partial charge in [-0.1, -0.05) is 37.3 Å². The van der Waals surface area contributed by atoms with Crippen LogP contribution < -0.4 is 16.0 Å². The third-order valence-electron chi connectivity index (χ3n) is 5.30. The Labute approximate surface area is 195 Å². The molecule has 3 N–H and O–H groups in total. The molecule has 0 saturated heterocycles. The van der Waals surface area contributed by atoms with Gasteiger partial charge in [0.2, 0.25) is 0 Å². The Kier molecular flexibility index (Phi) is 9.08. The van der Waals surface area contributed by atoms with Gasteiger partial charge in [0, 0.05) is 37.7 Å². The number of halogens is 2. The van der Waals surface area contributed by atoms with E-state index in [0.29, 0.717) is 31.2 Å². The van der Waals surface area contributed by atoms with Gasteiger partial charge in [0.05, 0.1) is 0 Å². The Bertz CT molecular complexity index is 883. The number of carbonyl (C=O) groups excluding carboxylic acids is 1. The minimum atomic E-state index is -0.153. The number of benzene rings is 2. The summed E-state index contributed by atoms with van der Waals surface area (Å²) >= 11 is 0. The van der Waals surface area contributed by atoms with Crippen LogP contribution >= 0.6 is 24.0 Å². The number of rotatable bonds is 8. The fourth-order valence-corrected chi connectivity index (χ4v) is 3.41. The number of amides is 1. The van der Waals surface area contributed by atoms with Crippen molar-refractivity contribution in [1.82, 2.24) is 16.0 Å². The van der Waals surface area contributed by atoms with Crippen molar-refractivity contribution < 1.29 is 9.18 Å². The quantitative estimate of drug-likeness (QED) is 0.278. The first kappa shape index (κ1) is 24.1. The normalized spacial score (nSPS) is 14.4. The molecule has 0 aromatic heterocycles. The molecule has 1 aliphatic rings. The maximum Gasteiger partial charge on any atom is 0.251 e. The van der Waals surface area contributed by atoms with Gasteiger partial charge in [0.1, 0.15) is 5.82 Å². The molecule has 2 aromatic rings. The lowest BCUT2D eigenvalue weighted by Gasteiger charge is -2.19. The van der Waals surface area contributed by atoms with Gasteiger partial charge in [0.15, 0.2) is 5.96 Å². The van der Waals surface area contributed by atoms with E-state index in [9.17, 15) is 9.18 Å². The fraction of sp³-hybridized carbons (Fsp3) is 0.391. The van der Waals surface area contributed by atoms with E-state index < -0.39 is 0 Å². The molecule has 2 aromatic carbocycles. The summed E-state index contributed by atoms with van der Waals surface area (Å²) in [5.41, 5.74) is 2.26. The zero-order valence-electron chi connectivity index (χ0n) is 17.5. The topological polar surface area (TPSA) is 65.5 Å². The molecule has 0 bridgehead atoms. The van der Waals surface area contributed by atoms with E-state index in [4.69, 9.17) is 0 Å². The van der Waals surface area contributed by atoms with Crippen molar-refractivity contribution in [2.24, 2.45) is 4.99 Å². The number of nitrogens with zero attached hydrogens (tertiary/aromatic N) is 1. The zero-order chi connectivity index (χ0) is 20.7. The molecule has 1 aliphatic carbocycles. The second kappa shape index (κ2) is 11.3. The van der Waals surface area contributed by atoms with Crippen molar-refractivity contribution in [3.63, 3.8) is 0 Å². The molecule has 0 spiro atoms. The third kappa shape index (κ3) is 6.17. The summed E-state index contributed by atoms with van der Waals surface area (Å²) in [6, 6.07) is 14.5. The number of aliphatic imine (C=N–C) groups is 1. The van der Waals surface area contributed by atoms with Gasteiger partial charge in [0.25, 0.3) is 5.91 Å². The molecule has 30 heavy (non-hydrogen) atoms. The molecule has 1 amide bonds. The molecule has 162 valence electrons. The highest BCUT2D eigenvalue weighted by molar-refractivity contribution is 14.0. The summed E-state index contributed by atoms with van der Waals surface area (Å²) in [4.78, 5) is 16.4. The zero-order valence-corrected chi connectivity index (χ0v) is 19.8. The van der Waals surface area contributed by atoms with E-state index in [1.807, 2.05) is 43.3 Å². The molecular formula is C23H30FIN4O. The van der Waals surface area contributed by atoms with Crippen molar-refractivity contribution in [3.05, 3.63) is 71.0 Å². The number of guanidine groups is 1. The van der Waals surface area contributed by atoms with Gasteiger partial charge >= 0.3 is 0 Å². The predicted molar refractivity (Wildman–Crippen MR) is 130 cm³/mol. The van der Waals surface area contributed by atoms with E-state index in [1.165, 1.54) is 6.07 Å². The van der Waals surface area contributed by atoms with E-state index in [1.54, 1.807) is 13.1 Å². The van der Waals surface area contributed by atoms with Crippen LogP contribution in [0.5, 0.6) is 0 Å². The molecule has 0 aliphatic heterocycles. The van der Waals surface area contributed by atoms with Gasteiger partial charge in [-0.05, 0) is 48.6 Å². The Morgan fingerprint density at radius 3 is 2.53 bits per heavy atom. The molecule has 1 fully saturated rings. The monoisotopic (exact) mass is 524 g/mol. The smallest absolute Gasteiger partial charge is 0.251 e. The van der Waals surface area contributed by atoms with E-state index >= 15 is 0 Å². The van der Waals surface area contributed by atoms with Gasteiger partial charge in [-0.25, -0.2) is 4.39 Å². The summed E-state index contributed by atoms with van der Waals surface area (Å²) in [5, 5.41) is 9.49. The Hall–Kier alpha value is -2.16. The molecular weight excluding hydrogens is 494 g/mol. The lowest BCUT2D eigenvalue weighted by atomic mass is 9.95. The number of carbonyl (C=O) groups is 1. The van der Waals surface area contributed by atoms with Crippen molar-refractivity contribution in [3.8, 4) is 0 Å². The molecule has 3 rings (SSSR count). The summed E-state index contributed by atoms with van der Waals surface area (Å²) in [6.45, 7) is 3.87. The van der Waals surface area contributed by atoms with Gasteiger partial charge in [-0.15, -0.1) is 24.0 Å². The highest BCUT2D eigenvalue weighted by Crippen LogP contribution is 2.48. The van der Waals surface area contributed by atoms with Crippen molar-refractivity contribution >= 4 is 35.8 Å². The minimum Gasteiger partial charge on any atom is -0.356 e. The number of nitrogens with one attached hydrogen (secondary N) is 3. The van der Waals surface area contributed by atoms with Crippen LogP contribution in [0.1, 0.15) is 47.7 Å². The largest absolute Gasteiger partial charge is 0.356 e. The van der Waals surface area contributed by atoms with E-state index in [-0.39, 0.29) is 41.1 Å². The molecule has 0 atom stereocenters. The molecule has 7 heteroatoms. The van der Waals surface area contributed by atoms with Crippen LogP contribution in [0.25, 0.3) is 0 Å². The minimum absolute atomic E-state index is 0. The maximum absolute atomic E-state index is 14.2. The van der Waals surface area contributed by atoms with E-state index in [2.05, 4.69) is 20.9 Å². The van der Waals surface area contributed by atoms with E-state index in [0.717, 1.165) is 30.4 Å². The first-order valence-electron chi connectivity index (χ1n) is 10.1. The second-order valence-corrected chi connectivity index (χ2v) is 7.50. The lowest BCUT2D eigenvalue weighted by Crippen LogP contribution is -2.41. The average molecular weight is 524 g/mol. The van der Waals surface area contributed by atoms with Crippen LogP contribution in [0, 0.1) is 5.82 Å². The van der Waals surface area contributed by atoms with Crippen molar-refractivity contribution in [1.29, 1.82) is 0 Å². The lowest BCUT2D eigenvalue weighted by molar-refractivity contribution is 0.0953. The molecule has 5 nitrogen and oxygen atoms in total. The van der Waals surface area contributed by atoms with Crippen LogP contribution in [0.3, 0.4) is 0 Å². The summed E-state index contributed by atoms with van der Waals surface area (Å²) in [6.07, 6.45) is 2.84. The Morgan fingerprint density at radius 1 is 1.10 bits per heavy atom. The highest BCUT2D eigenvalue weighted by Gasteiger charge is 2.45. The first-order valence-corrected chi connectivity index (χ1v) is 10.1. The van der Waals surface area contributed by atoms with Crippen LogP contribution in [0.15, 0.2) is 53.5 Å². The highest BCUT2D eigenvalue weighted by atomic mass is 127. The summed E-state index contributed by atoms with van der Waals surface area (Å²) in [7, 11) is 1.71. The van der Waals surface area contributed by atoms with Gasteiger partial charge in [-0.3, -0.25) is 9.79 Å². The maximum atomic E-state index is 14.2. The third-order valence-corrected chi connectivity index (χ3v) is 5.30. The van der Waals surface area contributed by atoms with Crippen LogP contribution in [0.4, 0.5) is 4.39 Å². The SMILES string of the molecule is CCCNC(=O)c1cccc(CNC(=NC)NCC2(c3ccccc3F)CC2)c1.I. The van der Waals surface area contributed by atoms with Crippen molar-refractivity contribution in [2.75, 3.05) is 20.1 Å². The van der Waals surface area contributed by atoms with Gasteiger partial charge < -0.3 is 16.0 Å². The summed E-state index contributed by atoms with van der Waals surface area (Å²) < 4.78 is 14.2. The van der Waals surface area contributed by atoms with Crippen molar-refractivity contribution in [2.45, 2.75) is 38.1 Å². The second-order valence-electron chi connectivity index (χ2n) is 7.50. The van der Waals surface area contributed by atoms with Crippen LogP contribution in [0.2, 0.25) is 0 Å². The van der Waals surface area contributed by atoms with Crippen LogP contribution in [-0.2, 0) is 12.0 Å². The van der Waals surface area contributed by atoms with Gasteiger partial charge in [-0.2, -0.15) is 0 Å². The molecule has 0 unspecified atom stereocenters. The standard InChI is InChI=1S/C23H29FN4O.HI/c1-3-13-26-21(29)18-8-6-7-17(14-18)15-27-22(25-2)28-16-23(11-12-23)19-9-4-5-10-20(19)24;/h4-10,14H,3,11-13,15-16H2,1-2H3,(H,26,29)(H2,25,27,28);1H. The number of hydrogen-bond acceptors (Lipinski definition) is 2. The summed E-state index contributed by atoms with van der Waals surface area (Å²) in [5.74, 6) is 0.457. The fourth-order valence-electron chi connectivity index (χ4n) is 3.41. The molecule has 1 saturated carbocycles. The first-order chi connectivity index (χ1) is 14.1. The van der Waals surface area contributed by atoms with Crippen LogP contribution in [-0.4, -0.2) is 32.0 Å². The number of hydrogen-bond donors (Lipinski definition) is 3.